The Morgan fingerprint density at radius 1 is 1.22 bits per heavy atom. The highest BCUT2D eigenvalue weighted by Gasteiger charge is 2.10. The number of aryl methyl sites for hydroxylation is 1. The SMILES string of the molecule is CCc1ccc(C(C)Nc2ccc(Br)cc2Br)s1. The molecule has 0 fully saturated rings. The summed E-state index contributed by atoms with van der Waals surface area (Å²) in [5, 5.41) is 3.53. The summed E-state index contributed by atoms with van der Waals surface area (Å²) in [6.07, 6.45) is 1.11. The van der Waals surface area contributed by atoms with Gasteiger partial charge in [0.15, 0.2) is 0 Å². The van der Waals surface area contributed by atoms with Crippen LogP contribution in [-0.2, 0) is 6.42 Å². The average Bonchev–Trinajstić information content (AvgIpc) is 2.81. The number of rotatable bonds is 4. The highest BCUT2D eigenvalue weighted by atomic mass is 79.9. The van der Waals surface area contributed by atoms with Gasteiger partial charge in [0.05, 0.1) is 6.04 Å². The molecule has 1 unspecified atom stereocenters. The largest absolute Gasteiger partial charge is 0.377 e. The molecule has 0 aliphatic rings. The number of benzene rings is 1. The normalized spacial score (nSPS) is 12.4. The molecule has 0 radical (unpaired) electrons. The van der Waals surface area contributed by atoms with Crippen molar-refractivity contribution in [2.75, 3.05) is 5.32 Å². The Morgan fingerprint density at radius 3 is 2.61 bits per heavy atom. The third kappa shape index (κ3) is 3.37. The fourth-order valence-electron chi connectivity index (χ4n) is 1.73. The zero-order valence-corrected chi connectivity index (χ0v) is 14.3. The predicted molar refractivity (Wildman–Crippen MR) is 87.6 cm³/mol. The first-order valence-electron chi connectivity index (χ1n) is 5.90. The third-order valence-electron chi connectivity index (χ3n) is 2.76. The molecule has 1 N–H and O–H groups in total. The van der Waals surface area contributed by atoms with Gasteiger partial charge in [0.1, 0.15) is 0 Å². The van der Waals surface area contributed by atoms with Crippen LogP contribution in [0.2, 0.25) is 0 Å². The fourth-order valence-corrected chi connectivity index (χ4v) is 3.84. The summed E-state index contributed by atoms with van der Waals surface area (Å²) in [6, 6.07) is 10.9. The molecular weight excluding hydrogens is 374 g/mol. The van der Waals surface area contributed by atoms with Crippen LogP contribution in [0.1, 0.15) is 29.6 Å². The van der Waals surface area contributed by atoms with Gasteiger partial charge in [0.2, 0.25) is 0 Å². The molecule has 0 saturated heterocycles. The van der Waals surface area contributed by atoms with Crippen LogP contribution in [0.25, 0.3) is 0 Å². The van der Waals surface area contributed by atoms with Crippen LogP contribution in [0.15, 0.2) is 39.3 Å². The van der Waals surface area contributed by atoms with E-state index in [1.165, 1.54) is 9.75 Å². The van der Waals surface area contributed by atoms with Gasteiger partial charge in [-0.05, 0) is 59.6 Å². The van der Waals surface area contributed by atoms with Crippen molar-refractivity contribution in [2.45, 2.75) is 26.3 Å². The highest BCUT2D eigenvalue weighted by molar-refractivity contribution is 9.11. The summed E-state index contributed by atoms with van der Waals surface area (Å²) in [5.74, 6) is 0. The number of thiophene rings is 1. The van der Waals surface area contributed by atoms with Gasteiger partial charge in [-0.1, -0.05) is 22.9 Å². The molecule has 0 amide bonds. The van der Waals surface area contributed by atoms with Crippen LogP contribution >= 0.6 is 43.2 Å². The zero-order valence-electron chi connectivity index (χ0n) is 10.3. The van der Waals surface area contributed by atoms with E-state index in [0.717, 1.165) is 21.1 Å². The third-order valence-corrected chi connectivity index (χ3v) is 5.32. The minimum atomic E-state index is 0.327. The minimum absolute atomic E-state index is 0.327. The van der Waals surface area contributed by atoms with E-state index in [-0.39, 0.29) is 0 Å². The van der Waals surface area contributed by atoms with Crippen LogP contribution < -0.4 is 5.32 Å². The Morgan fingerprint density at radius 2 is 2.00 bits per heavy atom. The minimum Gasteiger partial charge on any atom is -0.377 e. The zero-order chi connectivity index (χ0) is 13.1. The van der Waals surface area contributed by atoms with E-state index in [2.05, 4.69) is 75.3 Å². The molecule has 18 heavy (non-hydrogen) atoms. The van der Waals surface area contributed by atoms with Gasteiger partial charge in [-0.15, -0.1) is 11.3 Å². The molecule has 0 spiro atoms. The second-order valence-corrected chi connectivity index (χ2v) is 7.12. The molecule has 1 heterocycles. The monoisotopic (exact) mass is 387 g/mol. The van der Waals surface area contributed by atoms with E-state index in [4.69, 9.17) is 0 Å². The lowest BCUT2D eigenvalue weighted by Gasteiger charge is -2.15. The molecule has 2 rings (SSSR count). The van der Waals surface area contributed by atoms with Crippen molar-refractivity contribution in [1.82, 2.24) is 0 Å². The second-order valence-electron chi connectivity index (χ2n) is 4.15. The second kappa shape index (κ2) is 6.22. The van der Waals surface area contributed by atoms with Gasteiger partial charge in [-0.25, -0.2) is 0 Å². The van der Waals surface area contributed by atoms with Gasteiger partial charge >= 0.3 is 0 Å². The lowest BCUT2D eigenvalue weighted by molar-refractivity contribution is 0.907. The Kier molecular flexibility index (Phi) is 4.87. The Hall–Kier alpha value is -0.320. The van der Waals surface area contributed by atoms with E-state index in [9.17, 15) is 0 Å². The van der Waals surface area contributed by atoms with Crippen molar-refractivity contribution in [3.8, 4) is 0 Å². The maximum atomic E-state index is 3.58. The maximum absolute atomic E-state index is 3.58. The number of hydrogen-bond acceptors (Lipinski definition) is 2. The van der Waals surface area contributed by atoms with Crippen LogP contribution in [0.5, 0.6) is 0 Å². The number of nitrogens with one attached hydrogen (secondary N) is 1. The summed E-state index contributed by atoms with van der Waals surface area (Å²) >= 11 is 8.92. The Balaban J connectivity index is 2.13. The van der Waals surface area contributed by atoms with E-state index >= 15 is 0 Å². The van der Waals surface area contributed by atoms with Crippen molar-refractivity contribution < 1.29 is 0 Å². The van der Waals surface area contributed by atoms with Crippen LogP contribution in [0, 0.1) is 0 Å². The van der Waals surface area contributed by atoms with Crippen LogP contribution in [0.4, 0.5) is 5.69 Å². The summed E-state index contributed by atoms with van der Waals surface area (Å²) in [5.41, 5.74) is 1.12. The molecule has 4 heteroatoms. The van der Waals surface area contributed by atoms with Crippen molar-refractivity contribution in [2.24, 2.45) is 0 Å². The standard InChI is InChI=1S/C14H15Br2NS/c1-3-11-5-7-14(18-11)9(2)17-13-6-4-10(15)8-12(13)16/h4-9,17H,3H2,1-2H3. The molecule has 96 valence electrons. The first-order chi connectivity index (χ1) is 8.60. The van der Waals surface area contributed by atoms with Crippen LogP contribution in [-0.4, -0.2) is 0 Å². The maximum Gasteiger partial charge on any atom is 0.0578 e. The Labute approximate surface area is 129 Å². The number of hydrogen-bond donors (Lipinski definition) is 1. The molecule has 0 aliphatic heterocycles. The molecule has 0 aliphatic carbocycles. The van der Waals surface area contributed by atoms with Gasteiger partial charge in [-0.2, -0.15) is 0 Å². The summed E-state index contributed by atoms with van der Waals surface area (Å²) in [4.78, 5) is 2.81. The smallest absolute Gasteiger partial charge is 0.0578 e. The average molecular weight is 389 g/mol. The first-order valence-corrected chi connectivity index (χ1v) is 8.30. The quantitative estimate of drug-likeness (QED) is 0.676. The van der Waals surface area contributed by atoms with Crippen LogP contribution in [0.3, 0.4) is 0 Å². The molecule has 1 aromatic heterocycles. The molecule has 0 saturated carbocycles. The molecule has 0 bridgehead atoms. The van der Waals surface area contributed by atoms with E-state index in [1.54, 1.807) is 0 Å². The van der Waals surface area contributed by atoms with E-state index < -0.39 is 0 Å². The van der Waals surface area contributed by atoms with Crippen molar-refractivity contribution in [1.29, 1.82) is 0 Å². The van der Waals surface area contributed by atoms with Gasteiger partial charge in [0.25, 0.3) is 0 Å². The van der Waals surface area contributed by atoms with E-state index in [1.807, 2.05) is 17.4 Å². The summed E-state index contributed by atoms with van der Waals surface area (Å²) in [7, 11) is 0. The van der Waals surface area contributed by atoms with Crippen molar-refractivity contribution in [3.05, 3.63) is 49.0 Å². The lowest BCUT2D eigenvalue weighted by atomic mass is 10.2. The molecule has 1 aromatic carbocycles. The predicted octanol–water partition coefficient (Wildman–Crippen LogP) is 6.01. The molecular formula is C14H15Br2NS. The van der Waals surface area contributed by atoms with Gasteiger partial charge < -0.3 is 5.32 Å². The number of halogens is 2. The summed E-state index contributed by atoms with van der Waals surface area (Å²) in [6.45, 7) is 4.39. The lowest BCUT2D eigenvalue weighted by Crippen LogP contribution is -2.05. The molecule has 1 nitrogen and oxygen atoms in total. The van der Waals surface area contributed by atoms with Gasteiger partial charge in [-0.3, -0.25) is 0 Å². The number of anilines is 1. The molecule has 1 atom stereocenters. The van der Waals surface area contributed by atoms with E-state index in [0.29, 0.717) is 6.04 Å². The van der Waals surface area contributed by atoms with Crippen molar-refractivity contribution >= 4 is 48.9 Å². The highest BCUT2D eigenvalue weighted by Crippen LogP contribution is 2.31. The first kappa shape index (κ1) is 14.1. The summed E-state index contributed by atoms with van der Waals surface area (Å²) < 4.78 is 2.16. The van der Waals surface area contributed by atoms with Gasteiger partial charge in [0, 0.05) is 24.4 Å². The molecule has 2 aromatic rings. The van der Waals surface area contributed by atoms with Crippen molar-refractivity contribution in [3.63, 3.8) is 0 Å². The Bertz CT molecular complexity index is 536. The fraction of sp³-hybridized carbons (Fsp3) is 0.286. The topological polar surface area (TPSA) is 12.0 Å².